The Balaban J connectivity index is 1.48. The Bertz CT molecular complexity index is 1180. The molecule has 6 nitrogen and oxygen atoms in total. The Hall–Kier alpha value is -4.19. The van der Waals surface area contributed by atoms with Crippen molar-refractivity contribution in [2.45, 2.75) is 6.92 Å². The van der Waals surface area contributed by atoms with E-state index >= 15 is 0 Å². The lowest BCUT2D eigenvalue weighted by Gasteiger charge is -2.36. The number of hydrogen-bond acceptors (Lipinski definition) is 4. The van der Waals surface area contributed by atoms with Gasteiger partial charge in [0.25, 0.3) is 11.8 Å². The second kappa shape index (κ2) is 10.6. The zero-order valence-electron chi connectivity index (χ0n) is 19.1. The molecule has 1 heterocycles. The van der Waals surface area contributed by atoms with Crippen molar-refractivity contribution in [3.05, 3.63) is 102 Å². The lowest BCUT2D eigenvalue weighted by atomic mass is 10.1. The number of carbonyl (C=O) groups excluding carboxylic acids is 3. The van der Waals surface area contributed by atoms with Gasteiger partial charge < -0.3 is 15.1 Å². The number of hydrogen-bond donors (Lipinski definition) is 1. The predicted molar refractivity (Wildman–Crippen MR) is 135 cm³/mol. The van der Waals surface area contributed by atoms with E-state index in [1.54, 1.807) is 30.0 Å². The average Bonchev–Trinajstić information content (AvgIpc) is 2.88. The van der Waals surface area contributed by atoms with Gasteiger partial charge in [0, 0.05) is 43.1 Å². The summed E-state index contributed by atoms with van der Waals surface area (Å²) in [4.78, 5) is 42.0. The van der Waals surface area contributed by atoms with Gasteiger partial charge in [-0.2, -0.15) is 0 Å². The summed E-state index contributed by atoms with van der Waals surface area (Å²) < 4.78 is 0. The molecule has 172 valence electrons. The third kappa shape index (κ3) is 5.59. The Morgan fingerprint density at radius 1 is 0.765 bits per heavy atom. The summed E-state index contributed by atoms with van der Waals surface area (Å²) in [5.74, 6) is -0.681. The molecular formula is C28H27N3O3. The molecule has 3 aromatic carbocycles. The number of para-hydroxylation sites is 1. The maximum Gasteiger partial charge on any atom is 0.261 e. The van der Waals surface area contributed by atoms with Crippen LogP contribution in [0.2, 0.25) is 0 Å². The number of nitrogens with one attached hydrogen (secondary N) is 1. The maximum absolute atomic E-state index is 13.4. The molecule has 1 aliphatic rings. The van der Waals surface area contributed by atoms with Crippen molar-refractivity contribution in [1.82, 2.24) is 4.90 Å². The highest BCUT2D eigenvalue weighted by molar-refractivity contribution is 6.25. The van der Waals surface area contributed by atoms with Crippen LogP contribution in [0.1, 0.15) is 22.8 Å². The lowest BCUT2D eigenvalue weighted by Crippen LogP contribution is -2.50. The number of piperazine rings is 1. The number of nitrogens with zero attached hydrogens (tertiary/aromatic N) is 2. The van der Waals surface area contributed by atoms with Crippen molar-refractivity contribution in [1.29, 1.82) is 0 Å². The molecule has 2 amide bonds. The van der Waals surface area contributed by atoms with Crippen LogP contribution in [-0.2, 0) is 9.59 Å². The van der Waals surface area contributed by atoms with E-state index in [0.717, 1.165) is 11.3 Å². The minimum Gasteiger partial charge on any atom is -0.368 e. The molecule has 0 saturated carbocycles. The van der Waals surface area contributed by atoms with Gasteiger partial charge in [-0.05, 0) is 55.0 Å². The van der Waals surface area contributed by atoms with Crippen LogP contribution >= 0.6 is 0 Å². The molecule has 0 atom stereocenters. The minimum absolute atomic E-state index is 0.0356. The van der Waals surface area contributed by atoms with Gasteiger partial charge in [0.1, 0.15) is 5.57 Å². The molecule has 0 bridgehead atoms. The van der Waals surface area contributed by atoms with E-state index in [4.69, 9.17) is 0 Å². The van der Waals surface area contributed by atoms with Crippen molar-refractivity contribution in [2.24, 2.45) is 0 Å². The van der Waals surface area contributed by atoms with Gasteiger partial charge >= 0.3 is 0 Å². The van der Waals surface area contributed by atoms with Crippen LogP contribution in [0.15, 0.2) is 90.5 Å². The molecule has 34 heavy (non-hydrogen) atoms. The van der Waals surface area contributed by atoms with Crippen LogP contribution in [0.25, 0.3) is 6.08 Å². The third-order valence-electron chi connectivity index (χ3n) is 5.82. The van der Waals surface area contributed by atoms with E-state index in [2.05, 4.69) is 10.2 Å². The average molecular weight is 454 g/mol. The summed E-state index contributed by atoms with van der Waals surface area (Å²) in [6.07, 6.45) is 1.65. The summed E-state index contributed by atoms with van der Waals surface area (Å²) in [7, 11) is 0. The SMILES string of the molecule is CC(=O)c1ccc(N2CCN(C(=O)/C(=C/c3ccccc3)C(=O)Nc3ccccc3)CC2)cc1. The second-order valence-electron chi connectivity index (χ2n) is 8.17. The summed E-state index contributed by atoms with van der Waals surface area (Å²) in [5.41, 5.74) is 3.22. The predicted octanol–water partition coefficient (Wildman–Crippen LogP) is 4.26. The van der Waals surface area contributed by atoms with Crippen molar-refractivity contribution < 1.29 is 14.4 Å². The van der Waals surface area contributed by atoms with Gasteiger partial charge in [0.05, 0.1) is 0 Å². The summed E-state index contributed by atoms with van der Waals surface area (Å²) in [6, 6.07) is 26.0. The fourth-order valence-corrected chi connectivity index (χ4v) is 3.91. The molecule has 1 aliphatic heterocycles. The van der Waals surface area contributed by atoms with Crippen molar-refractivity contribution >= 4 is 35.0 Å². The highest BCUT2D eigenvalue weighted by atomic mass is 16.2. The van der Waals surface area contributed by atoms with Crippen LogP contribution in [0.3, 0.4) is 0 Å². The van der Waals surface area contributed by atoms with E-state index in [9.17, 15) is 14.4 Å². The molecule has 0 radical (unpaired) electrons. The zero-order valence-corrected chi connectivity index (χ0v) is 19.1. The number of rotatable bonds is 6. The fourth-order valence-electron chi connectivity index (χ4n) is 3.91. The lowest BCUT2D eigenvalue weighted by molar-refractivity contribution is -0.129. The van der Waals surface area contributed by atoms with E-state index in [1.807, 2.05) is 72.8 Å². The Labute approximate surface area is 199 Å². The number of Topliss-reactive ketones (excluding diaryl/α,β-unsaturated/α-hetero) is 1. The van der Waals surface area contributed by atoms with Crippen molar-refractivity contribution in [3.8, 4) is 0 Å². The Kier molecular flexibility index (Phi) is 7.18. The van der Waals surface area contributed by atoms with Gasteiger partial charge in [-0.1, -0.05) is 48.5 Å². The van der Waals surface area contributed by atoms with Crippen molar-refractivity contribution in [2.75, 3.05) is 36.4 Å². The number of anilines is 2. The molecule has 3 aromatic rings. The maximum atomic E-state index is 13.4. The largest absolute Gasteiger partial charge is 0.368 e. The Morgan fingerprint density at radius 3 is 1.94 bits per heavy atom. The monoisotopic (exact) mass is 453 g/mol. The van der Waals surface area contributed by atoms with Gasteiger partial charge in [-0.25, -0.2) is 0 Å². The molecular weight excluding hydrogens is 426 g/mol. The first-order chi connectivity index (χ1) is 16.5. The molecule has 1 N–H and O–H groups in total. The fraction of sp³-hybridized carbons (Fsp3) is 0.179. The first-order valence-electron chi connectivity index (χ1n) is 11.3. The second-order valence-corrected chi connectivity index (χ2v) is 8.17. The van der Waals surface area contributed by atoms with Crippen molar-refractivity contribution in [3.63, 3.8) is 0 Å². The van der Waals surface area contributed by atoms with Crippen LogP contribution < -0.4 is 10.2 Å². The minimum atomic E-state index is -0.428. The molecule has 0 aliphatic carbocycles. The van der Waals surface area contributed by atoms with Gasteiger partial charge in [0.15, 0.2) is 5.78 Å². The van der Waals surface area contributed by atoms with Crippen LogP contribution in [-0.4, -0.2) is 48.7 Å². The van der Waals surface area contributed by atoms with Crippen LogP contribution in [0.5, 0.6) is 0 Å². The topological polar surface area (TPSA) is 69.7 Å². The van der Waals surface area contributed by atoms with Crippen LogP contribution in [0.4, 0.5) is 11.4 Å². The van der Waals surface area contributed by atoms with Crippen LogP contribution in [0, 0.1) is 0 Å². The molecule has 4 rings (SSSR count). The molecule has 6 heteroatoms. The highest BCUT2D eigenvalue weighted by Gasteiger charge is 2.27. The number of amides is 2. The molecule has 0 unspecified atom stereocenters. The first-order valence-corrected chi connectivity index (χ1v) is 11.3. The van der Waals surface area contributed by atoms with E-state index < -0.39 is 5.91 Å². The molecule has 0 spiro atoms. The normalized spacial score (nSPS) is 14.0. The number of ketones is 1. The highest BCUT2D eigenvalue weighted by Crippen LogP contribution is 2.20. The Morgan fingerprint density at radius 2 is 1.35 bits per heavy atom. The van der Waals surface area contributed by atoms with Gasteiger partial charge in [0.2, 0.25) is 0 Å². The summed E-state index contributed by atoms with van der Waals surface area (Å²) in [6.45, 7) is 3.83. The molecule has 0 aromatic heterocycles. The number of carbonyl (C=O) groups is 3. The summed E-state index contributed by atoms with van der Waals surface area (Å²) in [5, 5.41) is 2.84. The standard InChI is InChI=1S/C28H27N3O3/c1-21(32)23-12-14-25(15-13-23)30-16-18-31(19-17-30)28(34)26(20-22-8-4-2-5-9-22)27(33)29-24-10-6-3-7-11-24/h2-15,20H,16-19H2,1H3,(H,29,33)/b26-20+. The van der Waals surface area contributed by atoms with Gasteiger partial charge in [-0.15, -0.1) is 0 Å². The third-order valence-corrected chi connectivity index (χ3v) is 5.82. The smallest absolute Gasteiger partial charge is 0.261 e. The van der Waals surface area contributed by atoms with E-state index in [-0.39, 0.29) is 17.3 Å². The van der Waals surface area contributed by atoms with Gasteiger partial charge in [-0.3, -0.25) is 14.4 Å². The first kappa shape index (κ1) is 23.0. The molecule has 1 saturated heterocycles. The van der Waals surface area contributed by atoms with E-state index in [1.165, 1.54) is 0 Å². The molecule has 1 fully saturated rings. The van der Waals surface area contributed by atoms with E-state index in [0.29, 0.717) is 37.4 Å². The zero-order chi connectivity index (χ0) is 23.9. The quantitative estimate of drug-likeness (QED) is 0.262. The summed E-state index contributed by atoms with van der Waals surface area (Å²) >= 11 is 0. The number of benzene rings is 3.